The molecule has 3 atom stereocenters. The van der Waals surface area contributed by atoms with E-state index in [4.69, 9.17) is 0 Å². The summed E-state index contributed by atoms with van der Waals surface area (Å²) in [5, 5.41) is 3.66. The van der Waals surface area contributed by atoms with Crippen molar-refractivity contribution in [3.05, 3.63) is 0 Å². The molecule has 1 aliphatic rings. The highest BCUT2D eigenvalue weighted by atomic mass is 15.1. The first-order chi connectivity index (χ1) is 8.34. The minimum atomic E-state index is 0.366. The van der Waals surface area contributed by atoms with Crippen LogP contribution in [0.5, 0.6) is 0 Å². The van der Waals surface area contributed by atoms with Gasteiger partial charge in [-0.05, 0) is 49.7 Å². The van der Waals surface area contributed by atoms with Crippen molar-refractivity contribution in [3.8, 4) is 0 Å². The summed E-state index contributed by atoms with van der Waals surface area (Å²) < 4.78 is 0. The van der Waals surface area contributed by atoms with E-state index in [9.17, 15) is 0 Å². The number of piperidine rings is 1. The lowest BCUT2D eigenvalue weighted by molar-refractivity contribution is 0.124. The molecule has 1 aliphatic heterocycles. The first kappa shape index (κ1) is 16.0. The molecule has 0 spiro atoms. The fourth-order valence-electron chi connectivity index (χ4n) is 2.95. The molecule has 0 aliphatic carbocycles. The van der Waals surface area contributed by atoms with E-state index in [0.717, 1.165) is 18.4 Å². The lowest BCUT2D eigenvalue weighted by Gasteiger charge is -2.38. The SMILES string of the molecule is CCNC(CCN1CCC(C)C(C)C1)C(C)(C)C. The van der Waals surface area contributed by atoms with E-state index in [1.165, 1.54) is 32.5 Å². The molecule has 0 aromatic heterocycles. The topological polar surface area (TPSA) is 15.3 Å². The van der Waals surface area contributed by atoms with E-state index in [2.05, 4.69) is 51.8 Å². The van der Waals surface area contributed by atoms with Crippen LogP contribution < -0.4 is 5.32 Å². The number of hydrogen-bond acceptors (Lipinski definition) is 2. The average molecular weight is 254 g/mol. The molecular formula is C16H34N2. The van der Waals surface area contributed by atoms with Crippen LogP contribution >= 0.6 is 0 Å². The van der Waals surface area contributed by atoms with Gasteiger partial charge in [0.2, 0.25) is 0 Å². The Bertz CT molecular complexity index is 232. The highest BCUT2D eigenvalue weighted by Crippen LogP contribution is 2.25. The summed E-state index contributed by atoms with van der Waals surface area (Å²) in [4.78, 5) is 2.67. The Morgan fingerprint density at radius 3 is 2.39 bits per heavy atom. The molecule has 0 saturated carbocycles. The third-order valence-electron chi connectivity index (χ3n) is 4.65. The molecular weight excluding hydrogens is 220 g/mol. The van der Waals surface area contributed by atoms with Gasteiger partial charge in [-0.3, -0.25) is 0 Å². The molecule has 1 saturated heterocycles. The third-order valence-corrected chi connectivity index (χ3v) is 4.65. The zero-order valence-corrected chi connectivity index (χ0v) is 13.4. The fraction of sp³-hybridized carbons (Fsp3) is 1.00. The van der Waals surface area contributed by atoms with Crippen LogP contribution in [0.3, 0.4) is 0 Å². The van der Waals surface area contributed by atoms with Gasteiger partial charge in [0.15, 0.2) is 0 Å². The normalized spacial score (nSPS) is 28.3. The van der Waals surface area contributed by atoms with Crippen LogP contribution in [0.2, 0.25) is 0 Å². The molecule has 0 aromatic carbocycles. The molecule has 1 heterocycles. The highest BCUT2D eigenvalue weighted by molar-refractivity contribution is 4.82. The maximum Gasteiger partial charge on any atom is 0.0128 e. The second-order valence-electron chi connectivity index (χ2n) is 7.31. The van der Waals surface area contributed by atoms with E-state index in [1.807, 2.05) is 0 Å². The van der Waals surface area contributed by atoms with Gasteiger partial charge in [0.05, 0.1) is 0 Å². The molecule has 1 N–H and O–H groups in total. The number of nitrogens with one attached hydrogen (secondary N) is 1. The lowest BCUT2D eigenvalue weighted by atomic mass is 9.84. The first-order valence-electron chi connectivity index (χ1n) is 7.80. The zero-order chi connectivity index (χ0) is 13.8. The van der Waals surface area contributed by atoms with Gasteiger partial charge in [0.1, 0.15) is 0 Å². The van der Waals surface area contributed by atoms with Crippen molar-refractivity contribution in [2.45, 2.75) is 60.4 Å². The summed E-state index contributed by atoms with van der Waals surface area (Å²) in [7, 11) is 0. The first-order valence-corrected chi connectivity index (χ1v) is 7.80. The van der Waals surface area contributed by atoms with Crippen molar-refractivity contribution in [1.82, 2.24) is 10.2 Å². The minimum Gasteiger partial charge on any atom is -0.314 e. The van der Waals surface area contributed by atoms with Crippen LogP contribution in [0.1, 0.15) is 54.4 Å². The van der Waals surface area contributed by atoms with E-state index >= 15 is 0 Å². The van der Waals surface area contributed by atoms with Crippen molar-refractivity contribution in [1.29, 1.82) is 0 Å². The van der Waals surface area contributed by atoms with Crippen LogP contribution in [0.15, 0.2) is 0 Å². The molecule has 1 rings (SSSR count). The third kappa shape index (κ3) is 4.89. The minimum absolute atomic E-state index is 0.366. The molecule has 0 bridgehead atoms. The van der Waals surface area contributed by atoms with Crippen molar-refractivity contribution in [2.75, 3.05) is 26.2 Å². The largest absolute Gasteiger partial charge is 0.314 e. The van der Waals surface area contributed by atoms with Crippen molar-refractivity contribution in [3.63, 3.8) is 0 Å². The summed E-state index contributed by atoms with van der Waals surface area (Å²) in [6.07, 6.45) is 2.65. The van der Waals surface area contributed by atoms with Gasteiger partial charge >= 0.3 is 0 Å². The molecule has 2 nitrogen and oxygen atoms in total. The van der Waals surface area contributed by atoms with E-state index in [-0.39, 0.29) is 0 Å². The Morgan fingerprint density at radius 1 is 1.22 bits per heavy atom. The quantitative estimate of drug-likeness (QED) is 0.809. The predicted octanol–water partition coefficient (Wildman–Crippen LogP) is 3.38. The Balaban J connectivity index is 2.38. The van der Waals surface area contributed by atoms with Gasteiger partial charge in [0.25, 0.3) is 0 Å². The number of hydrogen-bond donors (Lipinski definition) is 1. The van der Waals surface area contributed by atoms with Crippen molar-refractivity contribution >= 4 is 0 Å². The maximum atomic E-state index is 3.66. The molecule has 108 valence electrons. The van der Waals surface area contributed by atoms with E-state index < -0.39 is 0 Å². The summed E-state index contributed by atoms with van der Waals surface area (Å²) in [5.41, 5.74) is 0.366. The Kier molecular flexibility index (Phi) is 6.13. The smallest absolute Gasteiger partial charge is 0.0128 e. The summed E-state index contributed by atoms with van der Waals surface area (Å²) >= 11 is 0. The maximum absolute atomic E-state index is 3.66. The molecule has 0 aromatic rings. The monoisotopic (exact) mass is 254 g/mol. The average Bonchev–Trinajstić information content (AvgIpc) is 2.27. The van der Waals surface area contributed by atoms with Crippen LogP contribution in [0.25, 0.3) is 0 Å². The van der Waals surface area contributed by atoms with Crippen LogP contribution in [0.4, 0.5) is 0 Å². The second-order valence-corrected chi connectivity index (χ2v) is 7.31. The number of rotatable bonds is 5. The van der Waals surface area contributed by atoms with Gasteiger partial charge in [-0.1, -0.05) is 41.5 Å². The summed E-state index contributed by atoms with van der Waals surface area (Å²) in [6, 6.07) is 0.636. The van der Waals surface area contributed by atoms with E-state index in [1.54, 1.807) is 0 Å². The standard InChI is InChI=1S/C16H34N2/c1-7-17-15(16(4,5)6)9-11-18-10-8-13(2)14(3)12-18/h13-15,17H,7-12H2,1-6H3. The molecule has 1 fully saturated rings. The van der Waals surface area contributed by atoms with Gasteiger partial charge in [0, 0.05) is 12.6 Å². The van der Waals surface area contributed by atoms with Crippen molar-refractivity contribution < 1.29 is 0 Å². The van der Waals surface area contributed by atoms with Crippen LogP contribution in [-0.4, -0.2) is 37.1 Å². The Morgan fingerprint density at radius 2 is 1.89 bits per heavy atom. The van der Waals surface area contributed by atoms with Gasteiger partial charge in [-0.2, -0.15) is 0 Å². The summed E-state index contributed by atoms with van der Waals surface area (Å²) in [6.45, 7) is 19.0. The van der Waals surface area contributed by atoms with E-state index in [0.29, 0.717) is 11.5 Å². The Hall–Kier alpha value is -0.0800. The van der Waals surface area contributed by atoms with Crippen LogP contribution in [0, 0.1) is 17.3 Å². The number of likely N-dealkylation sites (tertiary alicyclic amines) is 1. The molecule has 3 unspecified atom stereocenters. The highest BCUT2D eigenvalue weighted by Gasteiger charge is 2.26. The second kappa shape index (κ2) is 6.91. The lowest BCUT2D eigenvalue weighted by Crippen LogP contribution is -2.45. The molecule has 2 heteroatoms. The predicted molar refractivity (Wildman–Crippen MR) is 80.9 cm³/mol. The van der Waals surface area contributed by atoms with Crippen molar-refractivity contribution in [2.24, 2.45) is 17.3 Å². The zero-order valence-electron chi connectivity index (χ0n) is 13.4. The molecule has 18 heavy (non-hydrogen) atoms. The van der Waals surface area contributed by atoms with Crippen LogP contribution in [-0.2, 0) is 0 Å². The molecule has 0 radical (unpaired) electrons. The summed E-state index contributed by atoms with van der Waals surface area (Å²) in [5.74, 6) is 1.78. The van der Waals surface area contributed by atoms with Gasteiger partial charge < -0.3 is 10.2 Å². The fourth-order valence-corrected chi connectivity index (χ4v) is 2.95. The molecule has 0 amide bonds. The Labute approximate surface area is 115 Å². The number of nitrogens with zero attached hydrogens (tertiary/aromatic N) is 1. The van der Waals surface area contributed by atoms with Gasteiger partial charge in [-0.15, -0.1) is 0 Å². The van der Waals surface area contributed by atoms with Gasteiger partial charge in [-0.25, -0.2) is 0 Å².